The van der Waals surface area contributed by atoms with Crippen LogP contribution in [0.4, 0.5) is 0 Å². The number of carbonyl (C=O) groups excluding carboxylic acids is 2. The molecule has 2 atom stereocenters. The van der Waals surface area contributed by atoms with Crippen LogP contribution in [0, 0.1) is 12.8 Å². The first-order chi connectivity index (χ1) is 18.8. The summed E-state index contributed by atoms with van der Waals surface area (Å²) in [5, 5.41) is 6.76. The van der Waals surface area contributed by atoms with Gasteiger partial charge in [0.1, 0.15) is 11.4 Å². The first-order valence-corrected chi connectivity index (χ1v) is 13.3. The van der Waals surface area contributed by atoms with Crippen LogP contribution < -0.4 is 10.1 Å². The SMILES string of the molecule is Cc1c2ccnc(C(=O)NCCN(C)C)c2cc2c3cc(OC(=O)[C@H]4C[C@@H]4c4ccccc4)ccc3n(C)c12. The first kappa shape index (κ1) is 25.1. The fourth-order valence-electron chi connectivity index (χ4n) is 5.71. The number of ether oxygens (including phenoxy) is 1. The van der Waals surface area contributed by atoms with Crippen LogP contribution in [0.1, 0.15) is 34.0 Å². The standard InChI is InChI=1S/C32H32N4O3/c1-19-22-12-13-33-29(31(37)34-14-15-35(2)3)25(22)18-26-24-16-21(10-11-28(24)36(4)30(19)26)39-32(38)27-17-23(27)20-8-6-5-7-9-20/h5-13,16,18,23,27H,14-15,17H2,1-4H3,(H,34,37)/t23-,27+/m1/s1. The number of esters is 1. The molecule has 1 aliphatic rings. The third kappa shape index (κ3) is 4.53. The molecule has 0 spiro atoms. The molecule has 1 saturated carbocycles. The minimum absolute atomic E-state index is 0.110. The molecule has 3 aromatic carbocycles. The van der Waals surface area contributed by atoms with Crippen LogP contribution in [-0.4, -0.2) is 53.5 Å². The highest BCUT2D eigenvalue weighted by molar-refractivity contribution is 6.17. The second-order valence-electron chi connectivity index (χ2n) is 10.7. The Morgan fingerprint density at radius 3 is 2.59 bits per heavy atom. The quantitative estimate of drug-likeness (QED) is 0.236. The van der Waals surface area contributed by atoms with E-state index in [1.54, 1.807) is 6.20 Å². The highest BCUT2D eigenvalue weighted by Crippen LogP contribution is 2.48. The second kappa shape index (κ2) is 9.82. The van der Waals surface area contributed by atoms with Gasteiger partial charge in [0.15, 0.2) is 0 Å². The highest BCUT2D eigenvalue weighted by atomic mass is 16.5. The van der Waals surface area contributed by atoms with Crippen molar-refractivity contribution in [1.29, 1.82) is 0 Å². The zero-order valence-electron chi connectivity index (χ0n) is 22.7. The number of amides is 1. The molecule has 7 heteroatoms. The summed E-state index contributed by atoms with van der Waals surface area (Å²) in [7, 11) is 5.99. The number of likely N-dealkylation sites (N-methyl/N-ethyl adjacent to an activating group) is 1. The summed E-state index contributed by atoms with van der Waals surface area (Å²) in [6, 6.07) is 19.9. The van der Waals surface area contributed by atoms with Gasteiger partial charge in [-0.2, -0.15) is 0 Å². The minimum atomic E-state index is -0.189. The minimum Gasteiger partial charge on any atom is -0.426 e. The lowest BCUT2D eigenvalue weighted by Gasteiger charge is -2.12. The molecule has 5 aromatic rings. The van der Waals surface area contributed by atoms with E-state index in [0.29, 0.717) is 18.0 Å². The number of fused-ring (bicyclic) bond motifs is 4. The van der Waals surface area contributed by atoms with E-state index in [1.807, 2.05) is 74.6 Å². The number of pyridine rings is 1. The summed E-state index contributed by atoms with van der Waals surface area (Å²) in [4.78, 5) is 32.5. The highest BCUT2D eigenvalue weighted by Gasteiger charge is 2.45. The Kier molecular flexibility index (Phi) is 6.31. The van der Waals surface area contributed by atoms with Crippen molar-refractivity contribution in [1.82, 2.24) is 19.8 Å². The molecule has 0 aliphatic heterocycles. The lowest BCUT2D eigenvalue weighted by Crippen LogP contribution is -2.31. The Morgan fingerprint density at radius 1 is 1.03 bits per heavy atom. The Hall–Kier alpha value is -4.23. The molecule has 0 saturated heterocycles. The van der Waals surface area contributed by atoms with Gasteiger partial charge in [-0.3, -0.25) is 14.6 Å². The zero-order chi connectivity index (χ0) is 27.3. The van der Waals surface area contributed by atoms with E-state index in [1.165, 1.54) is 5.56 Å². The van der Waals surface area contributed by atoms with Gasteiger partial charge in [-0.1, -0.05) is 30.3 Å². The fourth-order valence-corrected chi connectivity index (χ4v) is 5.71. The monoisotopic (exact) mass is 520 g/mol. The number of nitrogens with one attached hydrogen (secondary N) is 1. The van der Waals surface area contributed by atoms with Gasteiger partial charge < -0.3 is 19.5 Å². The predicted octanol–water partition coefficient (Wildman–Crippen LogP) is 5.19. The van der Waals surface area contributed by atoms with Crippen molar-refractivity contribution >= 4 is 44.5 Å². The van der Waals surface area contributed by atoms with Gasteiger partial charge in [0.2, 0.25) is 0 Å². The third-order valence-corrected chi connectivity index (χ3v) is 7.85. The number of rotatable bonds is 7. The van der Waals surface area contributed by atoms with Gasteiger partial charge in [-0.25, -0.2) is 0 Å². The van der Waals surface area contributed by atoms with Crippen LogP contribution in [0.25, 0.3) is 32.6 Å². The number of benzene rings is 3. The van der Waals surface area contributed by atoms with Gasteiger partial charge in [0.25, 0.3) is 5.91 Å². The van der Waals surface area contributed by atoms with Crippen LogP contribution >= 0.6 is 0 Å². The van der Waals surface area contributed by atoms with E-state index in [0.717, 1.165) is 51.1 Å². The van der Waals surface area contributed by atoms with E-state index in [9.17, 15) is 9.59 Å². The molecular formula is C32H32N4O3. The number of nitrogens with zero attached hydrogens (tertiary/aromatic N) is 3. The van der Waals surface area contributed by atoms with Crippen molar-refractivity contribution in [2.45, 2.75) is 19.3 Å². The van der Waals surface area contributed by atoms with Crippen LogP contribution in [-0.2, 0) is 11.8 Å². The van der Waals surface area contributed by atoms with Crippen LogP contribution in [0.2, 0.25) is 0 Å². The third-order valence-electron chi connectivity index (χ3n) is 7.85. The first-order valence-electron chi connectivity index (χ1n) is 13.3. The number of aryl methyl sites for hydroxylation is 2. The fraction of sp³-hybridized carbons (Fsp3) is 0.281. The molecule has 1 aliphatic carbocycles. The maximum atomic E-state index is 13.1. The van der Waals surface area contributed by atoms with Gasteiger partial charge in [0, 0.05) is 48.0 Å². The summed E-state index contributed by atoms with van der Waals surface area (Å²) >= 11 is 0. The van der Waals surface area contributed by atoms with Crippen LogP contribution in [0.5, 0.6) is 5.75 Å². The van der Waals surface area contributed by atoms with E-state index in [4.69, 9.17) is 4.74 Å². The molecule has 198 valence electrons. The second-order valence-corrected chi connectivity index (χ2v) is 10.7. The van der Waals surface area contributed by atoms with Crippen LogP contribution in [0.3, 0.4) is 0 Å². The molecule has 7 nitrogen and oxygen atoms in total. The predicted molar refractivity (Wildman–Crippen MR) is 154 cm³/mol. The van der Waals surface area contributed by atoms with Crippen molar-refractivity contribution in [3.05, 3.63) is 83.7 Å². The normalized spacial score (nSPS) is 16.7. The van der Waals surface area contributed by atoms with Crippen molar-refractivity contribution in [2.75, 3.05) is 27.2 Å². The number of hydrogen-bond donors (Lipinski definition) is 1. The van der Waals surface area contributed by atoms with E-state index in [2.05, 4.69) is 33.9 Å². The number of hydrogen-bond acceptors (Lipinski definition) is 5. The van der Waals surface area contributed by atoms with Gasteiger partial charge >= 0.3 is 5.97 Å². The van der Waals surface area contributed by atoms with Crippen molar-refractivity contribution in [3.63, 3.8) is 0 Å². The molecule has 0 radical (unpaired) electrons. The largest absolute Gasteiger partial charge is 0.426 e. The number of aromatic nitrogens is 2. The summed E-state index contributed by atoms with van der Waals surface area (Å²) in [5.74, 6) is 0.272. The molecule has 1 fully saturated rings. The van der Waals surface area contributed by atoms with Gasteiger partial charge in [0.05, 0.1) is 11.4 Å². The Morgan fingerprint density at radius 2 is 1.82 bits per heavy atom. The average molecular weight is 521 g/mol. The van der Waals surface area contributed by atoms with Crippen molar-refractivity contribution < 1.29 is 14.3 Å². The maximum absolute atomic E-state index is 13.1. The molecule has 0 unspecified atom stereocenters. The molecule has 1 amide bonds. The van der Waals surface area contributed by atoms with E-state index >= 15 is 0 Å². The topological polar surface area (TPSA) is 76.5 Å². The summed E-state index contributed by atoms with van der Waals surface area (Å²) in [6.07, 6.45) is 2.51. The molecule has 2 aromatic heterocycles. The maximum Gasteiger partial charge on any atom is 0.314 e. The van der Waals surface area contributed by atoms with Gasteiger partial charge in [-0.05, 0) is 80.2 Å². The van der Waals surface area contributed by atoms with E-state index < -0.39 is 0 Å². The molecule has 1 N–H and O–H groups in total. The number of carbonyl (C=O) groups is 2. The van der Waals surface area contributed by atoms with Crippen molar-refractivity contribution in [2.24, 2.45) is 13.0 Å². The Labute approximate surface area is 227 Å². The Balaban J connectivity index is 1.36. The average Bonchev–Trinajstić information content (AvgIpc) is 3.69. The van der Waals surface area contributed by atoms with Crippen LogP contribution in [0.15, 0.2) is 66.9 Å². The molecule has 0 bridgehead atoms. The zero-order valence-corrected chi connectivity index (χ0v) is 22.7. The Bertz CT molecular complexity index is 1740. The summed E-state index contributed by atoms with van der Waals surface area (Å²) in [5.41, 5.74) is 4.78. The summed E-state index contributed by atoms with van der Waals surface area (Å²) in [6.45, 7) is 3.37. The smallest absolute Gasteiger partial charge is 0.314 e. The molecule has 39 heavy (non-hydrogen) atoms. The lowest BCUT2D eigenvalue weighted by molar-refractivity contribution is -0.135. The summed E-state index contributed by atoms with van der Waals surface area (Å²) < 4.78 is 8.03. The van der Waals surface area contributed by atoms with Gasteiger partial charge in [-0.15, -0.1) is 0 Å². The lowest BCUT2D eigenvalue weighted by atomic mass is 10.00. The molecule has 6 rings (SSSR count). The van der Waals surface area contributed by atoms with Crippen molar-refractivity contribution in [3.8, 4) is 5.75 Å². The molecular weight excluding hydrogens is 488 g/mol. The molecule has 2 heterocycles. The van der Waals surface area contributed by atoms with E-state index in [-0.39, 0.29) is 23.7 Å².